The fourth-order valence-corrected chi connectivity index (χ4v) is 2.55. The van der Waals surface area contributed by atoms with E-state index in [2.05, 4.69) is 10.3 Å². The van der Waals surface area contributed by atoms with Crippen molar-refractivity contribution in [1.29, 1.82) is 0 Å². The van der Waals surface area contributed by atoms with Crippen molar-refractivity contribution in [3.63, 3.8) is 0 Å². The fourth-order valence-electron chi connectivity index (χ4n) is 1.75. The van der Waals surface area contributed by atoms with Crippen LogP contribution in [0.5, 0.6) is 5.75 Å². The predicted octanol–water partition coefficient (Wildman–Crippen LogP) is 1.15. The molecule has 7 nitrogen and oxygen atoms in total. The van der Waals surface area contributed by atoms with Gasteiger partial charge in [-0.1, -0.05) is 0 Å². The molecular weight excluding hydrogens is 316 g/mol. The number of ether oxygens (including phenoxy) is 1. The smallest absolute Gasteiger partial charge is 0.275 e. The van der Waals surface area contributed by atoms with Crippen LogP contribution in [0.25, 0.3) is 0 Å². The van der Waals surface area contributed by atoms with Gasteiger partial charge in [0.15, 0.2) is 0 Å². The van der Waals surface area contributed by atoms with Crippen LogP contribution in [0.2, 0.25) is 0 Å². The van der Waals surface area contributed by atoms with Gasteiger partial charge in [-0.3, -0.25) is 9.59 Å². The Morgan fingerprint density at radius 3 is 2.65 bits per heavy atom. The van der Waals surface area contributed by atoms with Crippen molar-refractivity contribution in [3.8, 4) is 5.75 Å². The first-order valence-electron chi connectivity index (χ1n) is 7.05. The second-order valence-electron chi connectivity index (χ2n) is 4.71. The van der Waals surface area contributed by atoms with Crippen molar-refractivity contribution in [1.82, 2.24) is 4.98 Å². The summed E-state index contributed by atoms with van der Waals surface area (Å²) in [7, 11) is 0. The number of carbonyl (C=O) groups excluding carboxylic acids is 2. The molecule has 1 aromatic carbocycles. The summed E-state index contributed by atoms with van der Waals surface area (Å²) in [5, 5.41) is 5.31. The van der Waals surface area contributed by atoms with Crippen LogP contribution in [0.3, 0.4) is 0 Å². The monoisotopic (exact) mass is 334 g/mol. The maximum atomic E-state index is 12.1. The van der Waals surface area contributed by atoms with Gasteiger partial charge in [-0.2, -0.15) is 0 Å². The minimum Gasteiger partial charge on any atom is -0.493 e. The highest BCUT2D eigenvalue weighted by Gasteiger charge is 2.10. The molecule has 1 aromatic heterocycles. The number of amides is 2. The molecule has 122 valence electrons. The van der Waals surface area contributed by atoms with Crippen LogP contribution in [0.1, 0.15) is 21.9 Å². The maximum Gasteiger partial charge on any atom is 0.275 e. The Balaban J connectivity index is 1.89. The van der Waals surface area contributed by atoms with Crippen molar-refractivity contribution in [2.45, 2.75) is 12.8 Å². The first kappa shape index (κ1) is 16.9. The molecule has 0 radical (unpaired) electrons. The number of aromatic nitrogens is 1. The lowest BCUT2D eigenvalue weighted by Crippen LogP contribution is -2.14. The SMILES string of the molecule is NCCc1nc(C(=O)Nc2ccc(OCCC(N)=O)cc2)cs1. The number of rotatable bonds is 8. The number of benzene rings is 1. The van der Waals surface area contributed by atoms with Crippen molar-refractivity contribution < 1.29 is 14.3 Å². The number of hydrogen-bond donors (Lipinski definition) is 3. The summed E-state index contributed by atoms with van der Waals surface area (Å²) < 4.78 is 5.36. The summed E-state index contributed by atoms with van der Waals surface area (Å²) in [6.45, 7) is 0.732. The Bertz CT molecular complexity index is 670. The number of anilines is 1. The van der Waals surface area contributed by atoms with Crippen LogP contribution < -0.4 is 21.5 Å². The highest BCUT2D eigenvalue weighted by molar-refractivity contribution is 7.09. The summed E-state index contributed by atoms with van der Waals surface area (Å²) in [5.74, 6) is -0.0822. The second kappa shape index (κ2) is 8.25. The zero-order valence-electron chi connectivity index (χ0n) is 12.5. The molecule has 2 rings (SSSR count). The molecule has 5 N–H and O–H groups in total. The zero-order valence-corrected chi connectivity index (χ0v) is 13.3. The molecular formula is C15H18N4O3S. The summed E-state index contributed by atoms with van der Waals surface area (Å²) in [4.78, 5) is 26.9. The van der Waals surface area contributed by atoms with Gasteiger partial charge in [0, 0.05) is 17.5 Å². The molecule has 0 unspecified atom stereocenters. The Morgan fingerprint density at radius 1 is 1.26 bits per heavy atom. The molecule has 8 heteroatoms. The van der Waals surface area contributed by atoms with Crippen LogP contribution in [0.4, 0.5) is 5.69 Å². The van der Waals surface area contributed by atoms with E-state index in [4.69, 9.17) is 16.2 Å². The van der Waals surface area contributed by atoms with Crippen molar-refractivity contribution in [3.05, 3.63) is 40.3 Å². The molecule has 2 amide bonds. The van der Waals surface area contributed by atoms with Crippen molar-refractivity contribution in [2.75, 3.05) is 18.5 Å². The highest BCUT2D eigenvalue weighted by Crippen LogP contribution is 2.17. The van der Waals surface area contributed by atoms with Gasteiger partial charge in [-0.05, 0) is 30.8 Å². The average Bonchev–Trinajstić information content (AvgIpc) is 2.98. The summed E-state index contributed by atoms with van der Waals surface area (Å²) in [6.07, 6.45) is 0.822. The van der Waals surface area contributed by atoms with Crippen molar-refractivity contribution >= 4 is 28.8 Å². The number of thiazole rings is 1. The Kier molecular flexibility index (Phi) is 6.07. The minimum atomic E-state index is -0.411. The quantitative estimate of drug-likeness (QED) is 0.669. The van der Waals surface area contributed by atoms with E-state index in [1.807, 2.05) is 0 Å². The molecule has 0 saturated carbocycles. The molecule has 0 bridgehead atoms. The first-order valence-corrected chi connectivity index (χ1v) is 7.93. The molecule has 0 aliphatic heterocycles. The highest BCUT2D eigenvalue weighted by atomic mass is 32.1. The van der Waals surface area contributed by atoms with E-state index in [0.717, 1.165) is 5.01 Å². The van der Waals surface area contributed by atoms with E-state index >= 15 is 0 Å². The molecule has 0 aliphatic rings. The van der Waals surface area contributed by atoms with E-state index in [9.17, 15) is 9.59 Å². The number of primary amides is 1. The Hall–Kier alpha value is -2.45. The zero-order chi connectivity index (χ0) is 16.7. The molecule has 23 heavy (non-hydrogen) atoms. The molecule has 0 saturated heterocycles. The van der Waals surface area contributed by atoms with Gasteiger partial charge >= 0.3 is 0 Å². The van der Waals surface area contributed by atoms with Gasteiger partial charge < -0.3 is 21.5 Å². The standard InChI is InChI=1S/C15H18N4O3S/c16-7-5-14-19-12(9-23-14)15(21)18-10-1-3-11(4-2-10)22-8-6-13(17)20/h1-4,9H,5-8,16H2,(H2,17,20)(H,18,21). The summed E-state index contributed by atoms with van der Waals surface area (Å²) >= 11 is 1.42. The van der Waals surface area contributed by atoms with Crippen LogP contribution >= 0.6 is 11.3 Å². The number of nitrogens with two attached hydrogens (primary N) is 2. The third-order valence-corrected chi connectivity index (χ3v) is 3.78. The van der Waals surface area contributed by atoms with Gasteiger partial charge in [0.25, 0.3) is 5.91 Å². The van der Waals surface area contributed by atoms with E-state index in [1.165, 1.54) is 11.3 Å². The van der Waals surface area contributed by atoms with E-state index in [1.54, 1.807) is 29.6 Å². The largest absolute Gasteiger partial charge is 0.493 e. The van der Waals surface area contributed by atoms with Gasteiger partial charge in [0.1, 0.15) is 11.4 Å². The predicted molar refractivity (Wildman–Crippen MR) is 88.6 cm³/mol. The second-order valence-corrected chi connectivity index (χ2v) is 5.65. The number of nitrogens with zero attached hydrogens (tertiary/aromatic N) is 1. The molecule has 0 fully saturated rings. The van der Waals surface area contributed by atoms with Crippen LogP contribution in [-0.4, -0.2) is 29.9 Å². The van der Waals surface area contributed by atoms with Crippen molar-refractivity contribution in [2.24, 2.45) is 11.5 Å². The number of hydrogen-bond acceptors (Lipinski definition) is 6. The molecule has 0 atom stereocenters. The molecule has 0 spiro atoms. The Labute approximate surface area is 137 Å². The maximum absolute atomic E-state index is 12.1. The summed E-state index contributed by atoms with van der Waals surface area (Å²) in [5.41, 5.74) is 11.5. The van der Waals surface area contributed by atoms with E-state index in [0.29, 0.717) is 30.1 Å². The average molecular weight is 334 g/mol. The van der Waals surface area contributed by atoms with Crippen LogP contribution in [0.15, 0.2) is 29.6 Å². The van der Waals surface area contributed by atoms with Crippen LogP contribution in [0, 0.1) is 0 Å². The topological polar surface area (TPSA) is 120 Å². The molecule has 1 heterocycles. The molecule has 2 aromatic rings. The third kappa shape index (κ3) is 5.35. The van der Waals surface area contributed by atoms with Crippen LogP contribution in [-0.2, 0) is 11.2 Å². The van der Waals surface area contributed by atoms with E-state index in [-0.39, 0.29) is 18.9 Å². The number of carbonyl (C=O) groups is 2. The third-order valence-electron chi connectivity index (χ3n) is 2.87. The lowest BCUT2D eigenvalue weighted by Gasteiger charge is -2.07. The van der Waals surface area contributed by atoms with E-state index < -0.39 is 5.91 Å². The van der Waals surface area contributed by atoms with Gasteiger partial charge in [-0.25, -0.2) is 4.98 Å². The first-order chi connectivity index (χ1) is 11.1. The lowest BCUT2D eigenvalue weighted by atomic mass is 10.3. The van der Waals surface area contributed by atoms with Gasteiger partial charge in [-0.15, -0.1) is 11.3 Å². The lowest BCUT2D eigenvalue weighted by molar-refractivity contribution is -0.118. The molecule has 0 aliphatic carbocycles. The fraction of sp³-hybridized carbons (Fsp3) is 0.267. The Morgan fingerprint density at radius 2 is 2.00 bits per heavy atom. The number of nitrogens with one attached hydrogen (secondary N) is 1. The minimum absolute atomic E-state index is 0.160. The van der Waals surface area contributed by atoms with Gasteiger partial charge in [0.2, 0.25) is 5.91 Å². The normalized spacial score (nSPS) is 10.3. The van der Waals surface area contributed by atoms with Gasteiger partial charge in [0.05, 0.1) is 18.0 Å². The summed E-state index contributed by atoms with van der Waals surface area (Å²) in [6, 6.07) is 6.84.